The van der Waals surface area contributed by atoms with Gasteiger partial charge < -0.3 is 5.11 Å². The van der Waals surface area contributed by atoms with Crippen LogP contribution in [0.4, 0.5) is 0 Å². The Morgan fingerprint density at radius 1 is 1.21 bits per heavy atom. The monoisotopic (exact) mass is 194 g/mol. The van der Waals surface area contributed by atoms with Crippen molar-refractivity contribution >= 4 is 5.97 Å². The molecule has 0 amide bonds. The minimum atomic E-state index is -0.862. The van der Waals surface area contributed by atoms with Gasteiger partial charge in [-0.25, -0.2) is 4.79 Å². The van der Waals surface area contributed by atoms with Gasteiger partial charge in [0, 0.05) is 0 Å². The van der Waals surface area contributed by atoms with Crippen LogP contribution >= 0.6 is 0 Å². The second kappa shape index (κ2) is 3.45. The predicted octanol–water partition coefficient (Wildman–Crippen LogP) is 2.99. The van der Waals surface area contributed by atoms with E-state index in [0.717, 1.165) is 11.1 Å². The molecule has 0 spiro atoms. The number of hydrogen-bond donors (Lipinski definition) is 1. The number of rotatable bonds is 1. The van der Waals surface area contributed by atoms with Crippen LogP contribution < -0.4 is 0 Å². The molecule has 14 heavy (non-hydrogen) atoms. The van der Waals surface area contributed by atoms with Crippen molar-refractivity contribution in [2.75, 3.05) is 0 Å². The number of aryl methyl sites for hydroxylation is 1. The summed E-state index contributed by atoms with van der Waals surface area (Å²) < 4.78 is 0. The third-order valence-corrected chi connectivity index (χ3v) is 2.19. The minimum Gasteiger partial charge on any atom is -0.478 e. The van der Waals surface area contributed by atoms with Gasteiger partial charge in [0.1, 0.15) is 0 Å². The number of hydrogen-bond acceptors (Lipinski definition) is 1. The number of carboxylic acids is 1. The fraction of sp³-hybridized carbons (Fsp3) is 0.417. The van der Waals surface area contributed by atoms with E-state index >= 15 is 0 Å². The quantitative estimate of drug-likeness (QED) is 0.746. The molecule has 1 aromatic carbocycles. The fourth-order valence-corrected chi connectivity index (χ4v) is 1.34. The molecule has 2 heteroatoms. The van der Waals surface area contributed by atoms with E-state index in [1.165, 1.54) is 0 Å². The molecule has 0 fully saturated rings. The Morgan fingerprint density at radius 2 is 1.79 bits per heavy atom. The van der Waals surface area contributed by atoms with Gasteiger partial charge in [0.2, 0.25) is 0 Å². The van der Waals surface area contributed by atoms with Crippen LogP contribution in [0, 0.1) is 6.92 Å². The van der Waals surface area contributed by atoms with Crippen molar-refractivity contribution in [1.29, 1.82) is 0 Å². The first-order valence-electron chi connectivity index (χ1n) is 4.66. The molecule has 0 aliphatic rings. The summed E-state index contributed by atoms with van der Waals surface area (Å²) in [6, 6.07) is 5.47. The maximum Gasteiger partial charge on any atom is 0.335 e. The second-order valence-corrected chi connectivity index (χ2v) is 4.64. The Bertz CT molecular complexity index is 359. The van der Waals surface area contributed by atoms with Crippen molar-refractivity contribution in [2.45, 2.75) is 33.1 Å². The lowest BCUT2D eigenvalue weighted by atomic mass is 9.86. The standard InChI is InChI=1S/C12H16O2/c1-8-5-9(11(13)14)7-10(6-8)12(2,3)4/h5-7H,1-4H3,(H,13,14)/i11+2. The fourth-order valence-electron chi connectivity index (χ4n) is 1.34. The normalized spacial score (nSPS) is 11.4. The van der Waals surface area contributed by atoms with Crippen molar-refractivity contribution in [1.82, 2.24) is 0 Å². The third-order valence-electron chi connectivity index (χ3n) is 2.19. The highest BCUT2D eigenvalue weighted by atomic mass is 16.6. The molecule has 1 rings (SSSR count). The summed E-state index contributed by atoms with van der Waals surface area (Å²) in [4.78, 5) is 10.8. The summed E-state index contributed by atoms with van der Waals surface area (Å²) in [7, 11) is 0. The first-order chi connectivity index (χ1) is 6.30. The second-order valence-electron chi connectivity index (χ2n) is 4.64. The lowest BCUT2D eigenvalue weighted by molar-refractivity contribution is 0.0696. The summed E-state index contributed by atoms with van der Waals surface area (Å²) in [5, 5.41) is 8.90. The minimum absolute atomic E-state index is 0.00375. The van der Waals surface area contributed by atoms with E-state index in [-0.39, 0.29) is 5.41 Å². The third kappa shape index (κ3) is 2.34. The van der Waals surface area contributed by atoms with Gasteiger partial charge in [0.05, 0.1) is 5.56 Å². The van der Waals surface area contributed by atoms with Crippen molar-refractivity contribution in [3.8, 4) is 0 Å². The molecule has 0 atom stereocenters. The number of aromatic carboxylic acids is 1. The van der Waals surface area contributed by atoms with Gasteiger partial charge in [0.15, 0.2) is 0 Å². The lowest BCUT2D eigenvalue weighted by Crippen LogP contribution is -2.12. The predicted molar refractivity (Wildman–Crippen MR) is 56.8 cm³/mol. The van der Waals surface area contributed by atoms with E-state index < -0.39 is 5.97 Å². The van der Waals surface area contributed by atoms with Crippen LogP contribution in [0.25, 0.3) is 0 Å². The first kappa shape index (κ1) is 10.8. The number of carboxylic acid groups (broad SMARTS) is 1. The van der Waals surface area contributed by atoms with E-state index in [0.29, 0.717) is 5.56 Å². The van der Waals surface area contributed by atoms with E-state index in [1.54, 1.807) is 12.1 Å². The van der Waals surface area contributed by atoms with Gasteiger partial charge in [-0.05, 0) is 35.6 Å². The molecule has 0 saturated heterocycles. The Hall–Kier alpha value is -1.31. The first-order valence-corrected chi connectivity index (χ1v) is 4.66. The molecule has 0 bridgehead atoms. The molecular formula is C12H16O2. The molecule has 0 aromatic heterocycles. The molecule has 0 saturated carbocycles. The Balaban J connectivity index is 3.28. The van der Waals surface area contributed by atoms with Crippen LogP contribution in [-0.4, -0.2) is 11.1 Å². The molecule has 1 aromatic rings. The average molecular weight is 194 g/mol. The van der Waals surface area contributed by atoms with Crippen LogP contribution in [0.5, 0.6) is 0 Å². The van der Waals surface area contributed by atoms with Crippen molar-refractivity contribution in [3.05, 3.63) is 34.9 Å². The van der Waals surface area contributed by atoms with Crippen LogP contribution in [0.15, 0.2) is 18.2 Å². The largest absolute Gasteiger partial charge is 0.478 e. The highest BCUT2D eigenvalue weighted by molar-refractivity contribution is 5.88. The molecule has 0 aliphatic heterocycles. The van der Waals surface area contributed by atoms with Crippen LogP contribution in [0.1, 0.15) is 42.3 Å². The van der Waals surface area contributed by atoms with Crippen molar-refractivity contribution < 1.29 is 9.90 Å². The molecular weight excluding hydrogens is 178 g/mol. The summed E-state index contributed by atoms with van der Waals surface area (Å²) in [6.07, 6.45) is 0. The Kier molecular flexibility index (Phi) is 2.65. The summed E-state index contributed by atoms with van der Waals surface area (Å²) in [5.41, 5.74) is 2.43. The zero-order valence-corrected chi connectivity index (χ0v) is 9.09. The molecule has 0 heterocycles. The van der Waals surface area contributed by atoms with Gasteiger partial charge in [-0.15, -0.1) is 0 Å². The molecule has 0 aliphatic carbocycles. The smallest absolute Gasteiger partial charge is 0.335 e. The van der Waals surface area contributed by atoms with Gasteiger partial charge in [-0.1, -0.05) is 26.8 Å². The lowest BCUT2D eigenvalue weighted by Gasteiger charge is -2.20. The summed E-state index contributed by atoms with van der Waals surface area (Å²) in [5.74, 6) is -0.862. The van der Waals surface area contributed by atoms with Crippen molar-refractivity contribution in [3.63, 3.8) is 0 Å². The van der Waals surface area contributed by atoms with Gasteiger partial charge in [-0.3, -0.25) is 0 Å². The zero-order valence-electron chi connectivity index (χ0n) is 9.09. The van der Waals surface area contributed by atoms with Crippen LogP contribution in [-0.2, 0) is 5.41 Å². The molecule has 2 nitrogen and oxygen atoms in total. The average Bonchev–Trinajstić information content (AvgIpc) is 2.01. The van der Waals surface area contributed by atoms with Gasteiger partial charge in [-0.2, -0.15) is 0 Å². The Morgan fingerprint density at radius 3 is 2.21 bits per heavy atom. The van der Waals surface area contributed by atoms with Gasteiger partial charge in [0.25, 0.3) is 0 Å². The molecule has 76 valence electrons. The number of carbonyl (C=O) groups is 1. The van der Waals surface area contributed by atoms with E-state index in [1.807, 2.05) is 13.0 Å². The van der Waals surface area contributed by atoms with Crippen molar-refractivity contribution in [2.24, 2.45) is 0 Å². The van der Waals surface area contributed by atoms with Crippen LogP contribution in [0.3, 0.4) is 0 Å². The maximum absolute atomic E-state index is 10.8. The van der Waals surface area contributed by atoms with E-state index in [9.17, 15) is 4.79 Å². The van der Waals surface area contributed by atoms with Crippen LogP contribution in [0.2, 0.25) is 0 Å². The summed E-state index contributed by atoms with van der Waals surface area (Å²) in [6.45, 7) is 8.15. The molecule has 0 unspecified atom stereocenters. The van der Waals surface area contributed by atoms with E-state index in [4.69, 9.17) is 5.11 Å². The van der Waals surface area contributed by atoms with Gasteiger partial charge >= 0.3 is 5.97 Å². The summed E-state index contributed by atoms with van der Waals surface area (Å²) >= 11 is 0. The van der Waals surface area contributed by atoms with E-state index in [2.05, 4.69) is 20.8 Å². The highest BCUT2D eigenvalue weighted by Gasteiger charge is 2.16. The SMILES string of the molecule is Cc1cc([14C](=O)O)cc(C(C)(C)C)c1. The Labute approximate surface area is 84.6 Å². The topological polar surface area (TPSA) is 37.3 Å². The maximum atomic E-state index is 10.8. The molecule has 0 radical (unpaired) electrons. The highest BCUT2D eigenvalue weighted by Crippen LogP contribution is 2.24. The molecule has 1 N–H and O–H groups in total. The number of benzene rings is 1. The zero-order chi connectivity index (χ0) is 10.9.